The van der Waals surface area contributed by atoms with Crippen molar-refractivity contribution in [3.8, 4) is 0 Å². The summed E-state index contributed by atoms with van der Waals surface area (Å²) in [5.74, 6) is 7.31. The van der Waals surface area contributed by atoms with Crippen molar-refractivity contribution in [3.63, 3.8) is 0 Å². The van der Waals surface area contributed by atoms with E-state index < -0.39 is 0 Å². The molecular weight excluding hydrogens is 593 g/mol. The SMILES string of the molecule is CC(C)c1nnc(C(C)C)o1.CC(C)c1nnc(C(C)C)s1.CC(C)c1noc(C(C)C)n1.CC(C)c1nsc(C(C)C)n1. The molecule has 0 fully saturated rings. The predicted molar refractivity (Wildman–Crippen MR) is 181 cm³/mol. The molecule has 0 amide bonds. The van der Waals surface area contributed by atoms with Crippen molar-refractivity contribution in [2.75, 3.05) is 0 Å². The molecule has 0 aliphatic heterocycles. The zero-order valence-electron chi connectivity index (χ0n) is 29.8. The standard InChI is InChI=1S/2C8H14N2O.2C8H14N2S/c1-5(2)7-9-10-8(11-7)6(3)4;1-5(2)7-9-8(6(3)4)11-10-7;1-5(2)7-9-10-8(11-7)6(3)4;1-5(2)7-9-8(6(3)4)11-10-7/h4*5-6H,1-4H3. The summed E-state index contributed by atoms with van der Waals surface area (Å²) < 4.78 is 14.7. The van der Waals surface area contributed by atoms with E-state index in [9.17, 15) is 0 Å². The van der Waals surface area contributed by atoms with Crippen molar-refractivity contribution in [2.24, 2.45) is 0 Å². The fraction of sp³-hybridized carbons (Fsp3) is 0.750. The first-order valence-corrected chi connectivity index (χ1v) is 17.4. The predicted octanol–water partition coefficient (Wildman–Crippen LogP) is 10.2. The lowest BCUT2D eigenvalue weighted by Gasteiger charge is -1.96. The number of rotatable bonds is 8. The zero-order chi connectivity index (χ0) is 33.7. The molecule has 0 spiro atoms. The van der Waals surface area contributed by atoms with E-state index in [0.717, 1.165) is 44.3 Å². The maximum atomic E-state index is 5.38. The molecule has 4 aromatic rings. The second-order valence-electron chi connectivity index (χ2n) is 13.2. The zero-order valence-corrected chi connectivity index (χ0v) is 31.5. The molecule has 0 saturated carbocycles. The average molecular weight is 649 g/mol. The number of nitrogens with zero attached hydrogens (tertiary/aromatic N) is 8. The van der Waals surface area contributed by atoms with E-state index in [4.69, 9.17) is 8.94 Å². The summed E-state index contributed by atoms with van der Waals surface area (Å²) in [6.07, 6.45) is 0. The minimum Gasteiger partial charge on any atom is -0.425 e. The Morgan fingerprint density at radius 2 is 0.864 bits per heavy atom. The van der Waals surface area contributed by atoms with E-state index in [1.165, 1.54) is 11.5 Å². The van der Waals surface area contributed by atoms with Crippen molar-refractivity contribution >= 4 is 22.9 Å². The van der Waals surface area contributed by atoms with Crippen molar-refractivity contribution in [1.29, 1.82) is 0 Å². The van der Waals surface area contributed by atoms with Gasteiger partial charge in [-0.2, -0.15) is 9.36 Å². The van der Waals surface area contributed by atoms with Crippen LogP contribution in [0.25, 0.3) is 0 Å². The van der Waals surface area contributed by atoms with E-state index in [1.807, 2.05) is 41.5 Å². The molecule has 0 aliphatic rings. The number of hydrogen-bond donors (Lipinski definition) is 0. The molecule has 0 aliphatic carbocycles. The summed E-state index contributed by atoms with van der Waals surface area (Å²) in [6, 6.07) is 0. The van der Waals surface area contributed by atoms with Gasteiger partial charge in [0.15, 0.2) is 5.82 Å². The van der Waals surface area contributed by atoms with Crippen LogP contribution in [0, 0.1) is 0 Å². The summed E-state index contributed by atoms with van der Waals surface area (Å²) in [5, 5.41) is 23.3. The summed E-state index contributed by atoms with van der Waals surface area (Å²) >= 11 is 3.25. The number of aromatic nitrogens is 8. The molecule has 0 bridgehead atoms. The lowest BCUT2D eigenvalue weighted by Crippen LogP contribution is -1.91. The molecule has 248 valence electrons. The monoisotopic (exact) mass is 648 g/mol. The van der Waals surface area contributed by atoms with E-state index in [-0.39, 0.29) is 0 Å². The van der Waals surface area contributed by atoms with Crippen LogP contribution >= 0.6 is 22.9 Å². The van der Waals surface area contributed by atoms with E-state index >= 15 is 0 Å². The van der Waals surface area contributed by atoms with Crippen LogP contribution in [0.5, 0.6) is 0 Å². The third-order valence-corrected chi connectivity index (χ3v) is 8.38. The van der Waals surface area contributed by atoms with Gasteiger partial charge in [0.2, 0.25) is 17.7 Å². The minimum absolute atomic E-state index is 0.329. The molecule has 4 rings (SSSR count). The second-order valence-corrected chi connectivity index (χ2v) is 15.0. The normalized spacial score (nSPS) is 11.5. The molecule has 4 aromatic heterocycles. The van der Waals surface area contributed by atoms with Gasteiger partial charge in [0.05, 0.1) is 0 Å². The smallest absolute Gasteiger partial charge is 0.229 e. The van der Waals surface area contributed by atoms with Crippen LogP contribution in [0.4, 0.5) is 0 Å². The first kappa shape index (κ1) is 39.4. The van der Waals surface area contributed by atoms with Crippen LogP contribution in [0.2, 0.25) is 0 Å². The van der Waals surface area contributed by atoms with Gasteiger partial charge in [-0.15, -0.1) is 31.7 Å². The molecular formula is C32H56N8O2S2. The van der Waals surface area contributed by atoms with Gasteiger partial charge in [-0.05, 0) is 11.5 Å². The van der Waals surface area contributed by atoms with Gasteiger partial charge in [0.1, 0.15) is 20.8 Å². The van der Waals surface area contributed by atoms with Gasteiger partial charge in [0.25, 0.3) is 0 Å². The molecule has 10 nitrogen and oxygen atoms in total. The molecule has 0 atom stereocenters. The molecule has 44 heavy (non-hydrogen) atoms. The van der Waals surface area contributed by atoms with Crippen molar-refractivity contribution in [1.82, 2.24) is 39.9 Å². The summed E-state index contributed by atoms with van der Waals surface area (Å²) in [4.78, 5) is 8.65. The maximum Gasteiger partial charge on any atom is 0.229 e. The third kappa shape index (κ3) is 13.6. The van der Waals surface area contributed by atoms with Gasteiger partial charge in [-0.25, -0.2) is 4.98 Å². The Balaban J connectivity index is 0.000000293. The summed E-state index contributed by atoms with van der Waals surface area (Å²) in [7, 11) is 0. The third-order valence-electron chi connectivity index (χ3n) is 5.82. The van der Waals surface area contributed by atoms with Crippen molar-refractivity contribution < 1.29 is 8.94 Å². The maximum absolute atomic E-state index is 5.38. The lowest BCUT2D eigenvalue weighted by molar-refractivity contribution is 0.359. The molecule has 0 unspecified atom stereocenters. The van der Waals surface area contributed by atoms with Crippen LogP contribution in [0.1, 0.15) is 202 Å². The van der Waals surface area contributed by atoms with Gasteiger partial charge in [-0.1, -0.05) is 116 Å². The molecule has 12 heteroatoms. The quantitative estimate of drug-likeness (QED) is 0.182. The van der Waals surface area contributed by atoms with Gasteiger partial charge in [0, 0.05) is 47.3 Å². The first-order valence-electron chi connectivity index (χ1n) is 15.8. The van der Waals surface area contributed by atoms with Crippen LogP contribution in [-0.4, -0.2) is 39.9 Å². The Bertz CT molecular complexity index is 1030. The van der Waals surface area contributed by atoms with E-state index in [2.05, 4.69) is 109 Å². The Kier molecular flexibility index (Phi) is 17.1. The highest BCUT2D eigenvalue weighted by molar-refractivity contribution is 7.11. The van der Waals surface area contributed by atoms with Crippen LogP contribution in [0.15, 0.2) is 8.94 Å². The molecule has 0 aromatic carbocycles. The van der Waals surface area contributed by atoms with Crippen LogP contribution in [-0.2, 0) is 0 Å². The Labute approximate surface area is 273 Å². The Morgan fingerprint density at radius 1 is 0.432 bits per heavy atom. The molecule has 0 N–H and O–H groups in total. The highest BCUT2D eigenvalue weighted by Crippen LogP contribution is 2.24. The first-order chi connectivity index (χ1) is 20.4. The van der Waals surface area contributed by atoms with Gasteiger partial charge in [-0.3, -0.25) is 0 Å². The minimum atomic E-state index is 0.329. The second kappa shape index (κ2) is 19.0. The molecule has 4 heterocycles. The Hall–Kier alpha value is -2.60. The van der Waals surface area contributed by atoms with Crippen LogP contribution < -0.4 is 0 Å². The fourth-order valence-electron chi connectivity index (χ4n) is 2.86. The van der Waals surface area contributed by atoms with Gasteiger partial charge >= 0.3 is 0 Å². The van der Waals surface area contributed by atoms with E-state index in [0.29, 0.717) is 47.3 Å². The highest BCUT2D eigenvalue weighted by Gasteiger charge is 2.13. The summed E-state index contributed by atoms with van der Waals surface area (Å²) in [5.41, 5.74) is 0. The summed E-state index contributed by atoms with van der Waals surface area (Å²) in [6.45, 7) is 33.4. The Morgan fingerprint density at radius 3 is 1.09 bits per heavy atom. The van der Waals surface area contributed by atoms with Crippen molar-refractivity contribution in [3.05, 3.63) is 44.3 Å². The highest BCUT2D eigenvalue weighted by atomic mass is 32.1. The van der Waals surface area contributed by atoms with Crippen molar-refractivity contribution in [2.45, 2.75) is 158 Å². The largest absolute Gasteiger partial charge is 0.425 e. The van der Waals surface area contributed by atoms with Crippen LogP contribution in [0.3, 0.4) is 0 Å². The topological polar surface area (TPSA) is 129 Å². The lowest BCUT2D eigenvalue weighted by atomic mass is 10.2. The molecule has 0 radical (unpaired) electrons. The fourth-order valence-corrected chi connectivity index (χ4v) is 4.49. The number of hydrogen-bond acceptors (Lipinski definition) is 12. The van der Waals surface area contributed by atoms with Gasteiger partial charge < -0.3 is 8.94 Å². The average Bonchev–Trinajstić information content (AvgIpc) is 3.76. The van der Waals surface area contributed by atoms with E-state index in [1.54, 1.807) is 11.3 Å². The molecule has 0 saturated heterocycles.